The molecule has 1 aliphatic rings. The summed E-state index contributed by atoms with van der Waals surface area (Å²) in [5.74, 6) is -1.45. The molecule has 2 aromatic carbocycles. The number of anilines is 1. The number of nitrogens with zero attached hydrogens (tertiary/aromatic N) is 3. The number of hydrogen-bond donors (Lipinski definition) is 2. The monoisotopic (exact) mass is 441 g/mol. The number of carbonyl (C=O) groups excluding carboxylic acids is 1. The fourth-order valence-electron chi connectivity index (χ4n) is 4.01. The van der Waals surface area contributed by atoms with Crippen molar-refractivity contribution < 1.29 is 18.3 Å². The van der Waals surface area contributed by atoms with E-state index in [2.05, 4.69) is 20.6 Å². The van der Waals surface area contributed by atoms with Gasteiger partial charge in [-0.1, -0.05) is 24.3 Å². The number of para-hydroxylation sites is 1. The first kappa shape index (κ1) is 21.9. The molecule has 0 aliphatic carbocycles. The Morgan fingerprint density at radius 3 is 2.69 bits per heavy atom. The molecule has 2 heterocycles. The zero-order valence-corrected chi connectivity index (χ0v) is 17.7. The van der Waals surface area contributed by atoms with E-state index in [1.54, 1.807) is 30.1 Å². The molecule has 1 fully saturated rings. The molecule has 7 nitrogen and oxygen atoms in total. The largest absolute Gasteiger partial charge is 0.383 e. The third kappa shape index (κ3) is 4.95. The third-order valence-corrected chi connectivity index (χ3v) is 5.58. The second-order valence-electron chi connectivity index (χ2n) is 7.70. The molecule has 1 saturated heterocycles. The van der Waals surface area contributed by atoms with E-state index in [-0.39, 0.29) is 12.0 Å². The minimum absolute atomic E-state index is 0.188. The summed E-state index contributed by atoms with van der Waals surface area (Å²) in [6, 6.07) is 14.4. The Kier molecular flexibility index (Phi) is 6.77. The van der Waals surface area contributed by atoms with Gasteiger partial charge in [0.1, 0.15) is 5.82 Å². The van der Waals surface area contributed by atoms with Gasteiger partial charge in [0.25, 0.3) is 0 Å². The van der Waals surface area contributed by atoms with E-state index in [1.807, 2.05) is 30.3 Å². The lowest BCUT2D eigenvalue weighted by Gasteiger charge is -2.21. The lowest BCUT2D eigenvalue weighted by Crippen LogP contribution is -2.42. The van der Waals surface area contributed by atoms with Crippen LogP contribution in [0, 0.1) is 11.6 Å². The number of ether oxygens (including phenoxy) is 1. The number of halogens is 2. The van der Waals surface area contributed by atoms with E-state index >= 15 is 0 Å². The molecule has 1 aliphatic heterocycles. The number of likely N-dealkylation sites (tertiary alicyclic amines) is 1. The Balaban J connectivity index is 1.49. The van der Waals surface area contributed by atoms with E-state index in [1.165, 1.54) is 6.07 Å². The first-order valence-corrected chi connectivity index (χ1v) is 10.4. The lowest BCUT2D eigenvalue weighted by atomic mass is 9.94. The van der Waals surface area contributed by atoms with Gasteiger partial charge in [0, 0.05) is 38.7 Å². The zero-order valence-electron chi connectivity index (χ0n) is 17.7. The fraction of sp³-hybridized carbons (Fsp3) is 0.304. The molecule has 0 spiro atoms. The molecular weight excluding hydrogens is 416 g/mol. The summed E-state index contributed by atoms with van der Waals surface area (Å²) in [6.45, 7) is 2.39. The number of carbonyl (C=O) groups is 1. The van der Waals surface area contributed by atoms with Crippen LogP contribution in [0.4, 0.5) is 19.4 Å². The first-order chi connectivity index (χ1) is 15.5. The lowest BCUT2D eigenvalue weighted by molar-refractivity contribution is 0.159. The van der Waals surface area contributed by atoms with Crippen molar-refractivity contribution in [1.82, 2.24) is 20.0 Å². The SMILES string of the molecule is COCCN1C[C@@H](NC(=O)Nc2ccnn2-c2ccccc2)[C@H](c2ccc(F)c(F)c2)C1. The Morgan fingerprint density at radius 1 is 1.12 bits per heavy atom. The number of hydrogen-bond acceptors (Lipinski definition) is 4. The molecule has 3 aromatic rings. The number of urea groups is 1. The first-order valence-electron chi connectivity index (χ1n) is 10.4. The van der Waals surface area contributed by atoms with Gasteiger partial charge in [-0.2, -0.15) is 5.10 Å². The van der Waals surface area contributed by atoms with Gasteiger partial charge < -0.3 is 10.1 Å². The predicted octanol–water partition coefficient (Wildman–Crippen LogP) is 3.39. The van der Waals surface area contributed by atoms with Crippen LogP contribution in [0.2, 0.25) is 0 Å². The minimum Gasteiger partial charge on any atom is -0.383 e. The smallest absolute Gasteiger partial charge is 0.320 e. The van der Waals surface area contributed by atoms with Gasteiger partial charge in [-0.25, -0.2) is 18.3 Å². The normalized spacial score (nSPS) is 18.6. The Labute approximate surface area is 185 Å². The summed E-state index contributed by atoms with van der Waals surface area (Å²) in [6.07, 6.45) is 1.61. The number of nitrogens with one attached hydrogen (secondary N) is 2. The zero-order chi connectivity index (χ0) is 22.5. The van der Waals surface area contributed by atoms with Crippen molar-refractivity contribution in [2.75, 3.05) is 38.7 Å². The van der Waals surface area contributed by atoms with Crippen LogP contribution in [0.3, 0.4) is 0 Å². The number of rotatable bonds is 7. The van der Waals surface area contributed by atoms with Crippen LogP contribution in [0.1, 0.15) is 11.5 Å². The van der Waals surface area contributed by atoms with Crippen molar-refractivity contribution in [3.05, 3.63) is 78.0 Å². The van der Waals surface area contributed by atoms with Gasteiger partial charge in [-0.05, 0) is 29.8 Å². The van der Waals surface area contributed by atoms with Crippen molar-refractivity contribution in [1.29, 1.82) is 0 Å². The summed E-state index contributed by atoms with van der Waals surface area (Å²) in [7, 11) is 1.63. The summed E-state index contributed by atoms with van der Waals surface area (Å²) >= 11 is 0. The van der Waals surface area contributed by atoms with Gasteiger partial charge in [-0.3, -0.25) is 10.2 Å². The topological polar surface area (TPSA) is 71.4 Å². The van der Waals surface area contributed by atoms with Crippen LogP contribution in [0.15, 0.2) is 60.8 Å². The van der Waals surface area contributed by atoms with E-state index < -0.39 is 17.7 Å². The van der Waals surface area contributed by atoms with Crippen molar-refractivity contribution in [2.24, 2.45) is 0 Å². The Morgan fingerprint density at radius 2 is 1.94 bits per heavy atom. The van der Waals surface area contributed by atoms with Gasteiger partial charge in [-0.15, -0.1) is 0 Å². The second-order valence-corrected chi connectivity index (χ2v) is 7.70. The molecule has 1 aromatic heterocycles. The molecule has 4 rings (SSSR count). The van der Waals surface area contributed by atoms with Crippen LogP contribution >= 0.6 is 0 Å². The third-order valence-electron chi connectivity index (χ3n) is 5.58. The van der Waals surface area contributed by atoms with Crippen molar-refractivity contribution >= 4 is 11.8 Å². The summed E-state index contributed by atoms with van der Waals surface area (Å²) in [4.78, 5) is 15.0. The number of methoxy groups -OCH3 is 1. The van der Waals surface area contributed by atoms with E-state index in [4.69, 9.17) is 4.74 Å². The van der Waals surface area contributed by atoms with E-state index in [0.29, 0.717) is 37.6 Å². The van der Waals surface area contributed by atoms with Crippen LogP contribution in [0.25, 0.3) is 5.69 Å². The van der Waals surface area contributed by atoms with Crippen LogP contribution in [-0.2, 0) is 4.74 Å². The van der Waals surface area contributed by atoms with Gasteiger partial charge in [0.15, 0.2) is 11.6 Å². The molecule has 32 heavy (non-hydrogen) atoms. The highest BCUT2D eigenvalue weighted by Crippen LogP contribution is 2.29. The van der Waals surface area contributed by atoms with Crippen molar-refractivity contribution in [3.63, 3.8) is 0 Å². The summed E-state index contributed by atoms with van der Waals surface area (Å²) < 4.78 is 34.1. The highest BCUT2D eigenvalue weighted by atomic mass is 19.2. The highest BCUT2D eigenvalue weighted by Gasteiger charge is 2.35. The van der Waals surface area contributed by atoms with Crippen molar-refractivity contribution in [2.45, 2.75) is 12.0 Å². The average Bonchev–Trinajstić information content (AvgIpc) is 3.41. The molecule has 0 radical (unpaired) electrons. The van der Waals surface area contributed by atoms with E-state index in [9.17, 15) is 13.6 Å². The molecular formula is C23H25F2N5O2. The summed E-state index contributed by atoms with van der Waals surface area (Å²) in [5.41, 5.74) is 1.46. The number of aromatic nitrogens is 2. The molecule has 2 N–H and O–H groups in total. The molecule has 168 valence electrons. The fourth-order valence-corrected chi connectivity index (χ4v) is 4.01. The van der Waals surface area contributed by atoms with Crippen molar-refractivity contribution in [3.8, 4) is 5.69 Å². The Bertz CT molecular complexity index is 1060. The molecule has 2 atom stereocenters. The number of amides is 2. The molecule has 0 saturated carbocycles. The van der Waals surface area contributed by atoms with E-state index in [0.717, 1.165) is 11.8 Å². The standard InChI is InChI=1S/C23H25F2N5O2/c1-32-12-11-29-14-18(16-7-8-19(24)20(25)13-16)21(15-29)27-23(31)28-22-9-10-26-30(22)17-5-3-2-4-6-17/h2-10,13,18,21H,11-12,14-15H2,1H3,(H2,27,28,31)/t18-,21+/m0/s1. The molecule has 0 bridgehead atoms. The maximum atomic E-state index is 13.9. The number of benzene rings is 2. The average molecular weight is 441 g/mol. The van der Waals surface area contributed by atoms with Gasteiger partial charge in [0.05, 0.1) is 24.5 Å². The van der Waals surface area contributed by atoms with Crippen LogP contribution in [-0.4, -0.2) is 60.1 Å². The predicted molar refractivity (Wildman–Crippen MR) is 117 cm³/mol. The molecule has 9 heteroatoms. The van der Waals surface area contributed by atoms with Crippen LogP contribution < -0.4 is 10.6 Å². The van der Waals surface area contributed by atoms with Crippen LogP contribution in [0.5, 0.6) is 0 Å². The maximum Gasteiger partial charge on any atom is 0.320 e. The molecule has 0 unspecified atom stereocenters. The van der Waals surface area contributed by atoms with Gasteiger partial charge >= 0.3 is 6.03 Å². The maximum absolute atomic E-state index is 13.9. The highest BCUT2D eigenvalue weighted by molar-refractivity contribution is 5.89. The molecule has 2 amide bonds. The Hall–Kier alpha value is -3.30. The quantitative estimate of drug-likeness (QED) is 0.590. The van der Waals surface area contributed by atoms with Gasteiger partial charge in [0.2, 0.25) is 0 Å². The second kappa shape index (κ2) is 9.88. The summed E-state index contributed by atoms with van der Waals surface area (Å²) in [5, 5.41) is 10.1. The minimum atomic E-state index is -0.896.